The van der Waals surface area contributed by atoms with E-state index in [4.69, 9.17) is 9.52 Å². The largest absolute Gasteiger partial charge is 0.480 e. The van der Waals surface area contributed by atoms with Crippen molar-refractivity contribution in [1.29, 1.82) is 0 Å². The highest BCUT2D eigenvalue weighted by atomic mass is 16.4. The number of carbonyl (C=O) groups excluding carboxylic acids is 2. The molecule has 8 heteroatoms. The third-order valence-electron chi connectivity index (χ3n) is 2.98. The van der Waals surface area contributed by atoms with E-state index in [1.807, 2.05) is 0 Å². The molecule has 0 aliphatic rings. The monoisotopic (exact) mass is 297 g/mol. The van der Waals surface area contributed by atoms with E-state index in [-0.39, 0.29) is 24.7 Å². The summed E-state index contributed by atoms with van der Waals surface area (Å²) in [5.41, 5.74) is 0.105. The standard InChI is InChI=1S/C13H19N3O5/c1-4-10-11(15-7-21-10)12(18)16(8(2)13(19)20)6-5-14-9(3)17/h7-8H,4-6H2,1-3H3,(H,14,17)(H,19,20). The maximum atomic E-state index is 12.4. The summed E-state index contributed by atoms with van der Waals surface area (Å²) in [6.07, 6.45) is 1.63. The predicted molar refractivity (Wildman–Crippen MR) is 72.7 cm³/mol. The Morgan fingerprint density at radius 1 is 1.48 bits per heavy atom. The molecule has 0 fully saturated rings. The van der Waals surface area contributed by atoms with Gasteiger partial charge in [-0.25, -0.2) is 9.78 Å². The van der Waals surface area contributed by atoms with Gasteiger partial charge in [0.05, 0.1) is 0 Å². The lowest BCUT2D eigenvalue weighted by atomic mass is 10.2. The van der Waals surface area contributed by atoms with Crippen molar-refractivity contribution < 1.29 is 23.9 Å². The molecule has 0 spiro atoms. The topological polar surface area (TPSA) is 113 Å². The number of nitrogens with zero attached hydrogens (tertiary/aromatic N) is 2. The summed E-state index contributed by atoms with van der Waals surface area (Å²) in [6.45, 7) is 4.79. The third-order valence-corrected chi connectivity index (χ3v) is 2.98. The van der Waals surface area contributed by atoms with Crippen molar-refractivity contribution in [2.75, 3.05) is 13.1 Å². The maximum absolute atomic E-state index is 12.4. The molecule has 0 bridgehead atoms. The first kappa shape index (κ1) is 16.7. The predicted octanol–water partition coefficient (Wildman–Crippen LogP) is 0.288. The lowest BCUT2D eigenvalue weighted by Gasteiger charge is -2.26. The first-order valence-electron chi connectivity index (χ1n) is 6.59. The number of hydrogen-bond donors (Lipinski definition) is 2. The Hall–Kier alpha value is -2.38. The average molecular weight is 297 g/mol. The van der Waals surface area contributed by atoms with Crippen molar-refractivity contribution in [2.45, 2.75) is 33.2 Å². The van der Waals surface area contributed by atoms with Crippen LogP contribution in [0.4, 0.5) is 0 Å². The molecule has 1 atom stereocenters. The molecule has 1 unspecified atom stereocenters. The zero-order valence-corrected chi connectivity index (χ0v) is 12.3. The normalized spacial score (nSPS) is 11.8. The second kappa shape index (κ2) is 7.41. The van der Waals surface area contributed by atoms with Crippen LogP contribution in [0, 0.1) is 0 Å². The Kier molecular flexibility index (Phi) is 5.89. The Bertz CT molecular complexity index is 526. The van der Waals surface area contributed by atoms with Gasteiger partial charge in [-0.05, 0) is 6.92 Å². The van der Waals surface area contributed by atoms with Crippen molar-refractivity contribution in [2.24, 2.45) is 0 Å². The van der Waals surface area contributed by atoms with E-state index in [1.54, 1.807) is 6.92 Å². The molecular formula is C13H19N3O5. The van der Waals surface area contributed by atoms with Crippen molar-refractivity contribution in [1.82, 2.24) is 15.2 Å². The summed E-state index contributed by atoms with van der Waals surface area (Å²) in [4.78, 5) is 39.4. The van der Waals surface area contributed by atoms with Gasteiger partial charge in [-0.1, -0.05) is 6.92 Å². The smallest absolute Gasteiger partial charge is 0.326 e. The summed E-state index contributed by atoms with van der Waals surface area (Å²) < 4.78 is 5.09. The van der Waals surface area contributed by atoms with Crippen LogP contribution < -0.4 is 5.32 Å². The number of carboxylic acids is 1. The van der Waals surface area contributed by atoms with Crippen LogP contribution in [0.25, 0.3) is 0 Å². The fourth-order valence-corrected chi connectivity index (χ4v) is 1.79. The van der Waals surface area contributed by atoms with Crippen molar-refractivity contribution in [3.63, 3.8) is 0 Å². The molecule has 1 aromatic rings. The molecule has 0 aliphatic carbocycles. The molecule has 0 saturated carbocycles. The van der Waals surface area contributed by atoms with Gasteiger partial charge in [0, 0.05) is 26.4 Å². The van der Waals surface area contributed by atoms with Crippen LogP contribution in [0.15, 0.2) is 10.8 Å². The molecule has 116 valence electrons. The summed E-state index contributed by atoms with van der Waals surface area (Å²) in [7, 11) is 0. The van der Waals surface area contributed by atoms with E-state index in [0.29, 0.717) is 12.2 Å². The van der Waals surface area contributed by atoms with Gasteiger partial charge in [0.1, 0.15) is 11.8 Å². The summed E-state index contributed by atoms with van der Waals surface area (Å²) in [6, 6.07) is -1.03. The highest BCUT2D eigenvalue weighted by Gasteiger charge is 2.29. The molecule has 1 rings (SSSR count). The maximum Gasteiger partial charge on any atom is 0.326 e. The quantitative estimate of drug-likeness (QED) is 0.748. The lowest BCUT2D eigenvalue weighted by molar-refractivity contribution is -0.141. The zero-order chi connectivity index (χ0) is 16.0. The first-order valence-corrected chi connectivity index (χ1v) is 6.59. The van der Waals surface area contributed by atoms with E-state index >= 15 is 0 Å². The van der Waals surface area contributed by atoms with Gasteiger partial charge in [-0.3, -0.25) is 9.59 Å². The number of oxazole rings is 1. The number of hydrogen-bond acceptors (Lipinski definition) is 5. The summed E-state index contributed by atoms with van der Waals surface area (Å²) in [5, 5.41) is 11.6. The Labute approximate surface area is 122 Å². The Morgan fingerprint density at radius 3 is 2.67 bits per heavy atom. The van der Waals surface area contributed by atoms with Crippen LogP contribution in [-0.2, 0) is 16.0 Å². The van der Waals surface area contributed by atoms with Crippen LogP contribution in [0.3, 0.4) is 0 Å². The van der Waals surface area contributed by atoms with Gasteiger partial charge < -0.3 is 19.7 Å². The number of aliphatic carboxylic acids is 1. The SMILES string of the molecule is CCc1ocnc1C(=O)N(CCNC(C)=O)C(C)C(=O)O. The molecule has 0 radical (unpaired) electrons. The second-order valence-electron chi connectivity index (χ2n) is 4.47. The number of nitrogens with one attached hydrogen (secondary N) is 1. The highest BCUT2D eigenvalue weighted by molar-refractivity contribution is 5.95. The van der Waals surface area contributed by atoms with E-state index in [9.17, 15) is 14.4 Å². The molecular weight excluding hydrogens is 278 g/mol. The van der Waals surface area contributed by atoms with E-state index in [1.165, 1.54) is 13.8 Å². The molecule has 0 saturated heterocycles. The van der Waals surface area contributed by atoms with Crippen LogP contribution in [0.5, 0.6) is 0 Å². The van der Waals surface area contributed by atoms with Gasteiger partial charge in [0.2, 0.25) is 5.91 Å². The minimum atomic E-state index is -1.13. The molecule has 1 heterocycles. The van der Waals surface area contributed by atoms with Gasteiger partial charge in [0.25, 0.3) is 5.91 Å². The molecule has 1 aromatic heterocycles. The summed E-state index contributed by atoms with van der Waals surface area (Å²) >= 11 is 0. The van der Waals surface area contributed by atoms with E-state index in [2.05, 4.69) is 10.3 Å². The number of amides is 2. The fourth-order valence-electron chi connectivity index (χ4n) is 1.79. The molecule has 2 N–H and O–H groups in total. The fraction of sp³-hybridized carbons (Fsp3) is 0.538. The Morgan fingerprint density at radius 2 is 2.14 bits per heavy atom. The number of aryl methyl sites for hydroxylation is 1. The molecule has 0 aromatic carbocycles. The first-order chi connectivity index (χ1) is 9.88. The van der Waals surface area contributed by atoms with Gasteiger partial charge in [-0.2, -0.15) is 0 Å². The third kappa shape index (κ3) is 4.30. The van der Waals surface area contributed by atoms with E-state index < -0.39 is 17.9 Å². The van der Waals surface area contributed by atoms with E-state index in [0.717, 1.165) is 11.3 Å². The van der Waals surface area contributed by atoms with Gasteiger partial charge in [-0.15, -0.1) is 0 Å². The molecule has 8 nitrogen and oxygen atoms in total. The zero-order valence-electron chi connectivity index (χ0n) is 12.3. The van der Waals surface area contributed by atoms with Crippen molar-refractivity contribution >= 4 is 17.8 Å². The van der Waals surface area contributed by atoms with Crippen molar-refractivity contribution in [3.05, 3.63) is 17.8 Å². The highest BCUT2D eigenvalue weighted by Crippen LogP contribution is 2.13. The average Bonchev–Trinajstić information content (AvgIpc) is 2.90. The number of rotatable bonds is 7. The summed E-state index contributed by atoms with van der Waals surface area (Å²) in [5.74, 6) is -1.50. The lowest BCUT2D eigenvalue weighted by Crippen LogP contribution is -2.47. The van der Waals surface area contributed by atoms with Crippen LogP contribution in [-0.4, -0.2) is 51.9 Å². The van der Waals surface area contributed by atoms with Crippen LogP contribution >= 0.6 is 0 Å². The van der Waals surface area contributed by atoms with Gasteiger partial charge >= 0.3 is 5.97 Å². The number of carboxylic acid groups (broad SMARTS) is 1. The van der Waals surface area contributed by atoms with Crippen LogP contribution in [0.2, 0.25) is 0 Å². The number of aromatic nitrogens is 1. The minimum absolute atomic E-state index is 0.0713. The van der Waals surface area contributed by atoms with Crippen LogP contribution in [0.1, 0.15) is 37.0 Å². The molecule has 21 heavy (non-hydrogen) atoms. The minimum Gasteiger partial charge on any atom is -0.480 e. The second-order valence-corrected chi connectivity index (χ2v) is 4.47. The molecule has 0 aliphatic heterocycles. The number of carbonyl (C=O) groups is 3. The molecule has 2 amide bonds. The Balaban J connectivity index is 2.92. The van der Waals surface area contributed by atoms with Gasteiger partial charge in [0.15, 0.2) is 12.1 Å². The van der Waals surface area contributed by atoms with Crippen molar-refractivity contribution in [3.8, 4) is 0 Å².